The molecule has 0 unspecified atom stereocenters. The number of aryl methyl sites for hydroxylation is 1. The molecule has 1 aromatic heterocycles. The number of nitrogens with one attached hydrogen (secondary N) is 1. The summed E-state index contributed by atoms with van der Waals surface area (Å²) in [7, 11) is -2.09. The van der Waals surface area contributed by atoms with Crippen LogP contribution in [-0.2, 0) is 23.0 Å². The minimum absolute atomic E-state index is 0.226. The van der Waals surface area contributed by atoms with Gasteiger partial charge in [-0.3, -0.25) is 9.88 Å². The van der Waals surface area contributed by atoms with E-state index in [2.05, 4.69) is 14.6 Å². The van der Waals surface area contributed by atoms with Gasteiger partial charge in [-0.1, -0.05) is 13.0 Å². The van der Waals surface area contributed by atoms with Gasteiger partial charge in [-0.05, 0) is 73.7 Å². The molecule has 152 valence electrons. The van der Waals surface area contributed by atoms with Crippen LogP contribution in [0, 0.1) is 5.92 Å². The van der Waals surface area contributed by atoms with Gasteiger partial charge < -0.3 is 4.74 Å². The van der Waals surface area contributed by atoms with Crippen molar-refractivity contribution in [3.05, 3.63) is 53.9 Å². The third kappa shape index (κ3) is 5.31. The van der Waals surface area contributed by atoms with Crippen LogP contribution in [0.4, 0.5) is 0 Å². The maximum absolute atomic E-state index is 12.8. The van der Waals surface area contributed by atoms with Crippen LogP contribution < -0.4 is 9.46 Å². The minimum Gasteiger partial charge on any atom is -0.495 e. The maximum Gasteiger partial charge on any atom is 0.244 e. The lowest BCUT2D eigenvalue weighted by Gasteiger charge is -2.32. The summed E-state index contributed by atoms with van der Waals surface area (Å²) in [4.78, 5) is 6.69. The average molecular weight is 404 g/mol. The third-order valence-corrected chi connectivity index (χ3v) is 6.80. The summed E-state index contributed by atoms with van der Waals surface area (Å²) in [6, 6.07) is 9.41. The molecule has 1 fully saturated rings. The fourth-order valence-corrected chi connectivity index (χ4v) is 4.88. The number of pyridine rings is 1. The van der Waals surface area contributed by atoms with Gasteiger partial charge in [0.15, 0.2) is 0 Å². The lowest BCUT2D eigenvalue weighted by Crippen LogP contribution is -2.38. The van der Waals surface area contributed by atoms with E-state index in [1.165, 1.54) is 12.7 Å². The number of ether oxygens (including phenoxy) is 1. The van der Waals surface area contributed by atoms with Crippen molar-refractivity contribution in [3.63, 3.8) is 0 Å². The van der Waals surface area contributed by atoms with Crippen molar-refractivity contribution < 1.29 is 13.2 Å². The lowest BCUT2D eigenvalue weighted by atomic mass is 9.97. The Balaban J connectivity index is 1.55. The van der Waals surface area contributed by atoms with E-state index >= 15 is 0 Å². The van der Waals surface area contributed by atoms with Crippen molar-refractivity contribution in [1.82, 2.24) is 14.6 Å². The molecule has 2 aromatic rings. The topological polar surface area (TPSA) is 71.5 Å². The van der Waals surface area contributed by atoms with Crippen LogP contribution in [0.25, 0.3) is 0 Å². The van der Waals surface area contributed by atoms with Crippen LogP contribution in [0.15, 0.2) is 47.6 Å². The molecule has 0 aliphatic carbocycles. The quantitative estimate of drug-likeness (QED) is 0.734. The molecule has 3 rings (SSSR count). The monoisotopic (exact) mass is 403 g/mol. The van der Waals surface area contributed by atoms with Gasteiger partial charge in [-0.2, -0.15) is 0 Å². The van der Waals surface area contributed by atoms with Crippen LogP contribution >= 0.6 is 0 Å². The zero-order valence-electron chi connectivity index (χ0n) is 16.6. The van der Waals surface area contributed by atoms with Gasteiger partial charge in [0.2, 0.25) is 10.0 Å². The molecule has 1 aliphatic heterocycles. The largest absolute Gasteiger partial charge is 0.495 e. The minimum atomic E-state index is -3.59. The maximum atomic E-state index is 12.8. The van der Waals surface area contributed by atoms with E-state index in [0.717, 1.165) is 44.5 Å². The molecule has 1 N–H and O–H groups in total. The van der Waals surface area contributed by atoms with E-state index in [1.54, 1.807) is 12.1 Å². The number of methoxy groups -OCH3 is 1. The molecule has 0 saturated carbocycles. The van der Waals surface area contributed by atoms with Crippen LogP contribution in [0.2, 0.25) is 0 Å². The SMILES string of the molecule is CCc1ccc(OC)c(S(=O)(=O)NCC2CCN(Cc3ccncc3)CC2)c1. The van der Waals surface area contributed by atoms with E-state index in [4.69, 9.17) is 4.74 Å². The molecule has 0 bridgehead atoms. The first-order chi connectivity index (χ1) is 13.5. The Kier molecular flexibility index (Phi) is 7.04. The Morgan fingerprint density at radius 3 is 2.50 bits per heavy atom. The standard InChI is InChI=1S/C21H29N3O3S/c1-3-17-4-5-20(27-2)21(14-17)28(25,26)23-15-18-8-12-24(13-9-18)16-19-6-10-22-11-7-19/h4-7,10-11,14,18,23H,3,8-9,12-13,15-16H2,1-2H3. The fraction of sp³-hybridized carbons (Fsp3) is 0.476. The zero-order valence-corrected chi connectivity index (χ0v) is 17.4. The van der Waals surface area contributed by atoms with E-state index < -0.39 is 10.0 Å². The van der Waals surface area contributed by atoms with Crippen molar-refractivity contribution in [2.24, 2.45) is 5.92 Å². The summed E-state index contributed by atoms with van der Waals surface area (Å²) in [5, 5.41) is 0. The Bertz CT molecular complexity index is 864. The molecule has 0 spiro atoms. The number of hydrogen-bond acceptors (Lipinski definition) is 5. The summed E-state index contributed by atoms with van der Waals surface area (Å²) in [5.41, 5.74) is 2.24. The molecular weight excluding hydrogens is 374 g/mol. The number of nitrogens with zero attached hydrogens (tertiary/aromatic N) is 2. The highest BCUT2D eigenvalue weighted by Gasteiger charge is 2.24. The van der Waals surface area contributed by atoms with E-state index in [1.807, 2.05) is 37.5 Å². The highest BCUT2D eigenvalue weighted by molar-refractivity contribution is 7.89. The molecule has 0 radical (unpaired) electrons. The predicted molar refractivity (Wildman–Crippen MR) is 110 cm³/mol. The van der Waals surface area contributed by atoms with Crippen LogP contribution in [0.3, 0.4) is 0 Å². The molecule has 2 heterocycles. The Morgan fingerprint density at radius 1 is 1.14 bits per heavy atom. The second-order valence-corrected chi connectivity index (χ2v) is 9.00. The lowest BCUT2D eigenvalue weighted by molar-refractivity contribution is 0.178. The van der Waals surface area contributed by atoms with E-state index in [-0.39, 0.29) is 4.90 Å². The zero-order chi connectivity index (χ0) is 20.0. The second-order valence-electron chi connectivity index (χ2n) is 7.27. The van der Waals surface area contributed by atoms with Crippen LogP contribution in [0.1, 0.15) is 30.9 Å². The smallest absolute Gasteiger partial charge is 0.244 e. The van der Waals surface area contributed by atoms with Crippen molar-refractivity contribution in [2.75, 3.05) is 26.7 Å². The predicted octanol–water partition coefficient (Wildman–Crippen LogP) is 2.84. The number of rotatable bonds is 8. The number of piperidine rings is 1. The van der Waals surface area contributed by atoms with Crippen molar-refractivity contribution >= 4 is 10.0 Å². The molecule has 28 heavy (non-hydrogen) atoms. The summed E-state index contributed by atoms with van der Waals surface area (Å²) >= 11 is 0. The average Bonchev–Trinajstić information content (AvgIpc) is 2.73. The first-order valence-electron chi connectivity index (χ1n) is 9.79. The van der Waals surface area contributed by atoms with Gasteiger partial charge in [0.25, 0.3) is 0 Å². The molecule has 7 heteroatoms. The molecule has 0 atom stereocenters. The normalized spacial score (nSPS) is 16.2. The van der Waals surface area contributed by atoms with Gasteiger partial charge in [-0.15, -0.1) is 0 Å². The number of aromatic nitrogens is 1. The number of hydrogen-bond donors (Lipinski definition) is 1. The first-order valence-corrected chi connectivity index (χ1v) is 11.3. The van der Waals surface area contributed by atoms with E-state index in [0.29, 0.717) is 18.2 Å². The van der Waals surface area contributed by atoms with E-state index in [9.17, 15) is 8.42 Å². The molecule has 1 saturated heterocycles. The Morgan fingerprint density at radius 2 is 1.86 bits per heavy atom. The molecular formula is C21H29N3O3S. The Labute approximate surface area is 168 Å². The van der Waals surface area contributed by atoms with Crippen LogP contribution in [-0.4, -0.2) is 45.0 Å². The highest BCUT2D eigenvalue weighted by Crippen LogP contribution is 2.26. The van der Waals surface area contributed by atoms with Gasteiger partial charge in [-0.25, -0.2) is 13.1 Å². The number of benzene rings is 1. The van der Waals surface area contributed by atoms with Gasteiger partial charge in [0.1, 0.15) is 10.6 Å². The van der Waals surface area contributed by atoms with Crippen molar-refractivity contribution in [2.45, 2.75) is 37.6 Å². The highest BCUT2D eigenvalue weighted by atomic mass is 32.2. The van der Waals surface area contributed by atoms with Gasteiger partial charge >= 0.3 is 0 Å². The summed E-state index contributed by atoms with van der Waals surface area (Å²) in [6.07, 6.45) is 6.39. The third-order valence-electron chi connectivity index (χ3n) is 5.35. The molecule has 0 amide bonds. The number of sulfonamides is 1. The second kappa shape index (κ2) is 9.49. The fourth-order valence-electron chi connectivity index (χ4n) is 3.55. The first kappa shape index (κ1) is 20.8. The summed E-state index contributed by atoms with van der Waals surface area (Å²) < 4.78 is 33.7. The van der Waals surface area contributed by atoms with Gasteiger partial charge in [0.05, 0.1) is 7.11 Å². The molecule has 1 aromatic carbocycles. The molecule has 1 aliphatic rings. The number of likely N-dealkylation sites (tertiary alicyclic amines) is 1. The summed E-state index contributed by atoms with van der Waals surface area (Å²) in [6.45, 7) is 5.34. The van der Waals surface area contributed by atoms with Gasteiger partial charge in [0, 0.05) is 25.5 Å². The van der Waals surface area contributed by atoms with Crippen molar-refractivity contribution in [1.29, 1.82) is 0 Å². The summed E-state index contributed by atoms with van der Waals surface area (Å²) in [5.74, 6) is 0.737. The molecule has 6 nitrogen and oxygen atoms in total. The van der Waals surface area contributed by atoms with Crippen LogP contribution in [0.5, 0.6) is 5.75 Å². The van der Waals surface area contributed by atoms with Crippen molar-refractivity contribution in [3.8, 4) is 5.75 Å². The Hall–Kier alpha value is -1.96.